The molecule has 0 bridgehead atoms. The van der Waals surface area contributed by atoms with E-state index in [1.165, 1.54) is 6.42 Å². The van der Waals surface area contributed by atoms with Gasteiger partial charge in [-0.15, -0.1) is 0 Å². The zero-order valence-electron chi connectivity index (χ0n) is 16.1. The molecule has 27 heavy (non-hydrogen) atoms. The smallest absolute Gasteiger partial charge is 0.254 e. The Hall–Kier alpha value is -2.18. The maximum atomic E-state index is 13.2. The summed E-state index contributed by atoms with van der Waals surface area (Å²) < 4.78 is 5.31. The summed E-state index contributed by atoms with van der Waals surface area (Å²) in [6, 6.07) is 10.1. The fraction of sp³-hybridized carbons (Fsp3) is 0.524. The lowest BCUT2D eigenvalue weighted by Gasteiger charge is -2.36. The average molecular weight is 368 g/mol. The van der Waals surface area contributed by atoms with Crippen LogP contribution < -0.4 is 15.6 Å². The van der Waals surface area contributed by atoms with Crippen LogP contribution in [0.4, 0.5) is 0 Å². The van der Waals surface area contributed by atoms with Crippen molar-refractivity contribution in [2.45, 2.75) is 32.2 Å². The van der Waals surface area contributed by atoms with Crippen LogP contribution in [-0.2, 0) is 0 Å². The van der Waals surface area contributed by atoms with Gasteiger partial charge in [-0.3, -0.25) is 15.6 Å². The highest BCUT2D eigenvalue weighted by molar-refractivity contribution is 6.06. The number of aromatic nitrogens is 1. The second-order valence-electron chi connectivity index (χ2n) is 7.58. The fourth-order valence-electron chi connectivity index (χ4n) is 4.52. The predicted molar refractivity (Wildman–Crippen MR) is 106 cm³/mol. The molecule has 2 aromatic rings. The largest absolute Gasteiger partial charge is 0.481 e. The lowest BCUT2D eigenvalue weighted by atomic mass is 9.82. The van der Waals surface area contributed by atoms with Gasteiger partial charge in [-0.2, -0.15) is 0 Å². The summed E-state index contributed by atoms with van der Waals surface area (Å²) in [4.78, 5) is 19.7. The Morgan fingerprint density at radius 2 is 2.07 bits per heavy atom. The standard InChI is InChI=1S/C21H28N4O2/c1-3-14-13-22-24-20(14)15-8-10-25(11-9-15)21(26)17-12-19(27-2)23-18-7-5-4-6-16(17)18/h4-7,12,14-15,20,22,24H,3,8-11,13H2,1-2H3. The van der Waals surface area contributed by atoms with Gasteiger partial charge in [0.1, 0.15) is 0 Å². The SMILES string of the molecule is CCC1CNNC1C1CCN(C(=O)c2cc(OC)nc3ccccc23)CC1. The first-order chi connectivity index (χ1) is 13.2. The summed E-state index contributed by atoms with van der Waals surface area (Å²) in [5.74, 6) is 1.87. The van der Waals surface area contributed by atoms with E-state index in [4.69, 9.17) is 4.74 Å². The van der Waals surface area contributed by atoms with Gasteiger partial charge in [0.25, 0.3) is 5.91 Å². The van der Waals surface area contributed by atoms with Gasteiger partial charge in [-0.25, -0.2) is 4.98 Å². The molecule has 2 aliphatic rings. The highest BCUT2D eigenvalue weighted by Crippen LogP contribution is 2.30. The van der Waals surface area contributed by atoms with E-state index in [9.17, 15) is 4.79 Å². The first-order valence-corrected chi connectivity index (χ1v) is 9.92. The Balaban J connectivity index is 1.51. The van der Waals surface area contributed by atoms with Gasteiger partial charge in [0.2, 0.25) is 5.88 Å². The van der Waals surface area contributed by atoms with E-state index in [1.54, 1.807) is 13.2 Å². The number of piperidine rings is 1. The van der Waals surface area contributed by atoms with Crippen molar-refractivity contribution in [3.05, 3.63) is 35.9 Å². The van der Waals surface area contributed by atoms with E-state index in [1.807, 2.05) is 29.2 Å². The molecular formula is C21H28N4O2. The number of nitrogens with zero attached hydrogens (tertiary/aromatic N) is 2. The Bertz CT molecular complexity index is 817. The molecule has 2 N–H and O–H groups in total. The highest BCUT2D eigenvalue weighted by atomic mass is 16.5. The number of hydrazine groups is 1. The number of para-hydroxylation sites is 1. The number of ether oxygens (including phenoxy) is 1. The number of amides is 1. The van der Waals surface area contributed by atoms with E-state index in [0.29, 0.717) is 29.3 Å². The highest BCUT2D eigenvalue weighted by Gasteiger charge is 2.35. The van der Waals surface area contributed by atoms with Crippen molar-refractivity contribution in [2.24, 2.45) is 11.8 Å². The first kappa shape index (κ1) is 18.2. The Kier molecular flexibility index (Phi) is 5.27. The van der Waals surface area contributed by atoms with Gasteiger partial charge >= 0.3 is 0 Å². The number of hydrogen-bond acceptors (Lipinski definition) is 5. The summed E-state index contributed by atoms with van der Waals surface area (Å²) in [6.45, 7) is 4.91. The third-order valence-electron chi connectivity index (χ3n) is 6.13. The molecule has 2 saturated heterocycles. The Labute approximate surface area is 160 Å². The number of nitrogens with one attached hydrogen (secondary N) is 2. The molecule has 0 aliphatic carbocycles. The number of methoxy groups -OCH3 is 1. The van der Waals surface area contributed by atoms with Crippen molar-refractivity contribution < 1.29 is 9.53 Å². The van der Waals surface area contributed by atoms with Crippen molar-refractivity contribution in [3.63, 3.8) is 0 Å². The van der Waals surface area contributed by atoms with E-state index in [2.05, 4.69) is 22.8 Å². The van der Waals surface area contributed by atoms with Gasteiger partial charge in [-0.05, 0) is 30.7 Å². The van der Waals surface area contributed by atoms with Gasteiger partial charge in [0.15, 0.2) is 0 Å². The van der Waals surface area contributed by atoms with Crippen molar-refractivity contribution in [1.29, 1.82) is 0 Å². The maximum absolute atomic E-state index is 13.2. The minimum Gasteiger partial charge on any atom is -0.481 e. The molecule has 6 heteroatoms. The van der Waals surface area contributed by atoms with Crippen LogP contribution in [0.25, 0.3) is 10.9 Å². The average Bonchev–Trinajstić information content (AvgIpc) is 3.21. The molecule has 1 aromatic heterocycles. The van der Waals surface area contributed by atoms with Crippen LogP contribution in [0.3, 0.4) is 0 Å². The van der Waals surface area contributed by atoms with Crippen LogP contribution in [0.1, 0.15) is 36.5 Å². The second kappa shape index (κ2) is 7.82. The van der Waals surface area contributed by atoms with Gasteiger partial charge in [0, 0.05) is 37.1 Å². The van der Waals surface area contributed by atoms with Crippen LogP contribution in [0, 0.1) is 11.8 Å². The number of benzene rings is 1. The van der Waals surface area contributed by atoms with Gasteiger partial charge in [-0.1, -0.05) is 31.5 Å². The number of carbonyl (C=O) groups is 1. The molecule has 0 radical (unpaired) electrons. The molecule has 2 atom stereocenters. The number of hydrogen-bond donors (Lipinski definition) is 2. The molecule has 2 unspecified atom stereocenters. The van der Waals surface area contributed by atoms with Crippen molar-refractivity contribution >= 4 is 16.8 Å². The third kappa shape index (κ3) is 3.51. The number of pyridine rings is 1. The fourth-order valence-corrected chi connectivity index (χ4v) is 4.52. The number of rotatable bonds is 4. The number of carbonyl (C=O) groups excluding carboxylic acids is 1. The van der Waals surface area contributed by atoms with Crippen LogP contribution in [-0.4, -0.2) is 48.6 Å². The van der Waals surface area contributed by atoms with Crippen molar-refractivity contribution in [1.82, 2.24) is 20.7 Å². The quantitative estimate of drug-likeness (QED) is 0.868. The monoisotopic (exact) mass is 368 g/mol. The molecule has 3 heterocycles. The molecule has 144 valence electrons. The van der Waals surface area contributed by atoms with Crippen LogP contribution in [0.15, 0.2) is 30.3 Å². The molecule has 1 aromatic carbocycles. The van der Waals surface area contributed by atoms with Crippen molar-refractivity contribution in [3.8, 4) is 5.88 Å². The second-order valence-corrected chi connectivity index (χ2v) is 7.58. The predicted octanol–water partition coefficient (Wildman–Crippen LogP) is 2.60. The number of likely N-dealkylation sites (tertiary alicyclic amines) is 1. The van der Waals surface area contributed by atoms with Crippen LogP contribution in [0.2, 0.25) is 0 Å². The van der Waals surface area contributed by atoms with Gasteiger partial charge in [0.05, 0.1) is 18.2 Å². The van der Waals surface area contributed by atoms with E-state index in [-0.39, 0.29) is 5.91 Å². The summed E-state index contributed by atoms with van der Waals surface area (Å²) >= 11 is 0. The molecule has 4 rings (SSSR count). The summed E-state index contributed by atoms with van der Waals surface area (Å²) in [6.07, 6.45) is 3.27. The minimum absolute atomic E-state index is 0.0786. The summed E-state index contributed by atoms with van der Waals surface area (Å²) in [5, 5.41) is 0.887. The van der Waals surface area contributed by atoms with E-state index < -0.39 is 0 Å². The summed E-state index contributed by atoms with van der Waals surface area (Å²) in [5.41, 5.74) is 8.25. The van der Waals surface area contributed by atoms with Crippen LogP contribution >= 0.6 is 0 Å². The van der Waals surface area contributed by atoms with Gasteiger partial charge < -0.3 is 9.64 Å². The first-order valence-electron chi connectivity index (χ1n) is 9.92. The molecule has 2 aliphatic heterocycles. The van der Waals surface area contributed by atoms with Crippen LogP contribution in [0.5, 0.6) is 5.88 Å². The molecular weight excluding hydrogens is 340 g/mol. The summed E-state index contributed by atoms with van der Waals surface area (Å²) in [7, 11) is 1.59. The third-order valence-corrected chi connectivity index (χ3v) is 6.13. The molecule has 6 nitrogen and oxygen atoms in total. The number of fused-ring (bicyclic) bond motifs is 1. The van der Waals surface area contributed by atoms with Crippen molar-refractivity contribution in [2.75, 3.05) is 26.7 Å². The maximum Gasteiger partial charge on any atom is 0.254 e. The molecule has 2 fully saturated rings. The molecule has 0 spiro atoms. The Morgan fingerprint density at radius 1 is 1.30 bits per heavy atom. The lowest BCUT2D eigenvalue weighted by molar-refractivity contribution is 0.0664. The normalized spacial score (nSPS) is 23.7. The molecule has 1 amide bonds. The molecule has 0 saturated carbocycles. The lowest BCUT2D eigenvalue weighted by Crippen LogP contribution is -2.46. The van der Waals surface area contributed by atoms with E-state index in [0.717, 1.165) is 43.4 Å². The topological polar surface area (TPSA) is 66.5 Å². The van der Waals surface area contributed by atoms with E-state index >= 15 is 0 Å². The minimum atomic E-state index is 0.0786. The zero-order chi connectivity index (χ0) is 18.8. The Morgan fingerprint density at radius 3 is 2.81 bits per heavy atom. The zero-order valence-corrected chi connectivity index (χ0v) is 16.1.